The minimum atomic E-state index is 0.209. The second-order valence-corrected chi connectivity index (χ2v) is 4.89. The molecule has 0 aromatic carbocycles. The van der Waals surface area contributed by atoms with Crippen molar-refractivity contribution in [1.29, 1.82) is 0 Å². The molecule has 0 fully saturated rings. The van der Waals surface area contributed by atoms with Crippen molar-refractivity contribution in [2.75, 3.05) is 27.4 Å². The van der Waals surface area contributed by atoms with Gasteiger partial charge in [0.05, 0.1) is 18.8 Å². The predicted molar refractivity (Wildman–Crippen MR) is 77.5 cm³/mol. The van der Waals surface area contributed by atoms with Gasteiger partial charge in [-0.15, -0.1) is 0 Å². The van der Waals surface area contributed by atoms with E-state index in [-0.39, 0.29) is 6.04 Å². The largest absolute Gasteiger partial charge is 0.495 e. The van der Waals surface area contributed by atoms with Crippen LogP contribution in [-0.2, 0) is 4.74 Å². The lowest BCUT2D eigenvalue weighted by atomic mass is 9.99. The third-order valence-corrected chi connectivity index (χ3v) is 3.08. The highest BCUT2D eigenvalue weighted by molar-refractivity contribution is 5.29. The molecule has 2 unspecified atom stereocenters. The number of rotatable bonds is 9. The van der Waals surface area contributed by atoms with Gasteiger partial charge < -0.3 is 14.8 Å². The van der Waals surface area contributed by atoms with E-state index in [2.05, 4.69) is 24.1 Å². The normalized spacial score (nSPS) is 14.1. The standard InChI is InChI=1S/C15H26N2O2/c1-5-8-16-13(10-12(2)11-18-3)15-14(19-4)7-6-9-17-15/h6-7,9,12-13,16H,5,8,10-11H2,1-4H3. The molecule has 1 N–H and O–H groups in total. The first kappa shape index (κ1) is 15.9. The van der Waals surface area contributed by atoms with E-state index < -0.39 is 0 Å². The number of nitrogens with zero attached hydrogens (tertiary/aromatic N) is 1. The Bertz CT molecular complexity index is 358. The van der Waals surface area contributed by atoms with Crippen LogP contribution in [0.3, 0.4) is 0 Å². The maximum absolute atomic E-state index is 5.41. The first-order valence-electron chi connectivity index (χ1n) is 6.94. The Morgan fingerprint density at radius 1 is 1.37 bits per heavy atom. The molecular formula is C15H26N2O2. The van der Waals surface area contributed by atoms with E-state index in [1.165, 1.54) is 0 Å². The van der Waals surface area contributed by atoms with Gasteiger partial charge in [0.25, 0.3) is 0 Å². The molecule has 108 valence electrons. The highest BCUT2D eigenvalue weighted by Crippen LogP contribution is 2.27. The van der Waals surface area contributed by atoms with Gasteiger partial charge in [0, 0.05) is 19.9 Å². The lowest BCUT2D eigenvalue weighted by Gasteiger charge is -2.23. The van der Waals surface area contributed by atoms with Crippen LogP contribution in [0.25, 0.3) is 0 Å². The molecule has 0 aliphatic heterocycles. The van der Waals surface area contributed by atoms with Gasteiger partial charge in [-0.2, -0.15) is 0 Å². The Kier molecular flexibility index (Phi) is 7.45. The molecule has 4 heteroatoms. The average molecular weight is 266 g/mol. The number of aromatic nitrogens is 1. The van der Waals surface area contributed by atoms with Gasteiger partial charge >= 0.3 is 0 Å². The van der Waals surface area contributed by atoms with Crippen LogP contribution >= 0.6 is 0 Å². The summed E-state index contributed by atoms with van der Waals surface area (Å²) in [5.41, 5.74) is 0.987. The van der Waals surface area contributed by atoms with Crippen LogP contribution in [0.1, 0.15) is 38.4 Å². The van der Waals surface area contributed by atoms with E-state index in [4.69, 9.17) is 9.47 Å². The third-order valence-electron chi connectivity index (χ3n) is 3.08. The fourth-order valence-electron chi connectivity index (χ4n) is 2.20. The number of nitrogens with one attached hydrogen (secondary N) is 1. The summed E-state index contributed by atoms with van der Waals surface area (Å²) in [7, 11) is 3.43. The molecule has 1 heterocycles. The van der Waals surface area contributed by atoms with Crippen molar-refractivity contribution in [3.05, 3.63) is 24.0 Å². The summed E-state index contributed by atoms with van der Waals surface area (Å²) >= 11 is 0. The Morgan fingerprint density at radius 3 is 2.79 bits per heavy atom. The van der Waals surface area contributed by atoms with Gasteiger partial charge in [-0.1, -0.05) is 13.8 Å². The van der Waals surface area contributed by atoms with Crippen molar-refractivity contribution in [1.82, 2.24) is 10.3 Å². The van der Waals surface area contributed by atoms with E-state index in [0.717, 1.165) is 37.4 Å². The monoisotopic (exact) mass is 266 g/mol. The molecule has 0 bridgehead atoms. The van der Waals surface area contributed by atoms with E-state index in [9.17, 15) is 0 Å². The fourth-order valence-corrected chi connectivity index (χ4v) is 2.20. The van der Waals surface area contributed by atoms with Crippen molar-refractivity contribution in [2.24, 2.45) is 5.92 Å². The van der Waals surface area contributed by atoms with Crippen LogP contribution in [0.15, 0.2) is 18.3 Å². The van der Waals surface area contributed by atoms with Crippen LogP contribution in [-0.4, -0.2) is 32.4 Å². The number of hydrogen-bond acceptors (Lipinski definition) is 4. The Labute approximate surface area is 116 Å². The molecule has 1 rings (SSSR count). The molecule has 0 aliphatic carbocycles. The molecule has 0 spiro atoms. The predicted octanol–water partition coefficient (Wildman–Crippen LogP) is 2.80. The second kappa shape index (κ2) is 8.88. The van der Waals surface area contributed by atoms with Crippen molar-refractivity contribution in [3.63, 3.8) is 0 Å². The number of pyridine rings is 1. The van der Waals surface area contributed by atoms with Crippen LogP contribution in [0.2, 0.25) is 0 Å². The molecule has 0 aliphatic rings. The lowest BCUT2D eigenvalue weighted by molar-refractivity contribution is 0.148. The number of hydrogen-bond donors (Lipinski definition) is 1. The summed E-state index contributed by atoms with van der Waals surface area (Å²) in [6, 6.07) is 4.07. The molecule has 1 aromatic rings. The smallest absolute Gasteiger partial charge is 0.141 e. The van der Waals surface area contributed by atoms with Crippen molar-refractivity contribution in [3.8, 4) is 5.75 Å². The summed E-state index contributed by atoms with van der Waals surface area (Å²) < 4.78 is 10.6. The van der Waals surface area contributed by atoms with E-state index in [0.29, 0.717) is 5.92 Å². The highest BCUT2D eigenvalue weighted by atomic mass is 16.5. The second-order valence-electron chi connectivity index (χ2n) is 4.89. The highest BCUT2D eigenvalue weighted by Gasteiger charge is 2.19. The SMILES string of the molecule is CCCNC(CC(C)COC)c1ncccc1OC. The molecule has 4 nitrogen and oxygen atoms in total. The molecular weight excluding hydrogens is 240 g/mol. The molecule has 0 amide bonds. The van der Waals surface area contributed by atoms with E-state index >= 15 is 0 Å². The first-order valence-corrected chi connectivity index (χ1v) is 6.94. The summed E-state index contributed by atoms with van der Waals surface area (Å²) in [4.78, 5) is 4.49. The molecule has 1 aromatic heterocycles. The van der Waals surface area contributed by atoms with Gasteiger partial charge in [0.15, 0.2) is 0 Å². The van der Waals surface area contributed by atoms with Crippen LogP contribution in [0.4, 0.5) is 0 Å². The van der Waals surface area contributed by atoms with Crippen LogP contribution < -0.4 is 10.1 Å². The number of ether oxygens (including phenoxy) is 2. The Balaban J connectivity index is 2.82. The van der Waals surface area contributed by atoms with Crippen LogP contribution in [0, 0.1) is 5.92 Å². The van der Waals surface area contributed by atoms with Gasteiger partial charge in [-0.05, 0) is 37.4 Å². The lowest BCUT2D eigenvalue weighted by Crippen LogP contribution is -2.26. The molecule has 19 heavy (non-hydrogen) atoms. The third kappa shape index (κ3) is 5.17. The maximum atomic E-state index is 5.41. The zero-order valence-electron chi connectivity index (χ0n) is 12.5. The summed E-state index contributed by atoms with van der Waals surface area (Å²) in [5, 5.41) is 3.55. The van der Waals surface area contributed by atoms with Gasteiger partial charge in [-0.3, -0.25) is 4.98 Å². The minimum absolute atomic E-state index is 0.209. The minimum Gasteiger partial charge on any atom is -0.495 e. The van der Waals surface area contributed by atoms with Crippen molar-refractivity contribution < 1.29 is 9.47 Å². The van der Waals surface area contributed by atoms with E-state index in [1.54, 1.807) is 14.2 Å². The maximum Gasteiger partial charge on any atom is 0.141 e. The van der Waals surface area contributed by atoms with E-state index in [1.807, 2.05) is 18.3 Å². The Morgan fingerprint density at radius 2 is 2.16 bits per heavy atom. The Hall–Kier alpha value is -1.13. The van der Waals surface area contributed by atoms with Gasteiger partial charge in [-0.25, -0.2) is 0 Å². The summed E-state index contributed by atoms with van der Waals surface area (Å²) in [6.07, 6.45) is 3.91. The van der Waals surface area contributed by atoms with Gasteiger partial charge in [0.1, 0.15) is 5.75 Å². The summed E-state index contributed by atoms with van der Waals surface area (Å²) in [5.74, 6) is 1.33. The van der Waals surface area contributed by atoms with Crippen LogP contribution in [0.5, 0.6) is 5.75 Å². The zero-order valence-corrected chi connectivity index (χ0v) is 12.5. The molecule has 0 radical (unpaired) electrons. The quantitative estimate of drug-likeness (QED) is 0.746. The van der Waals surface area contributed by atoms with Gasteiger partial charge in [0.2, 0.25) is 0 Å². The zero-order chi connectivity index (χ0) is 14.1. The topological polar surface area (TPSA) is 43.4 Å². The fraction of sp³-hybridized carbons (Fsp3) is 0.667. The molecule has 2 atom stereocenters. The van der Waals surface area contributed by atoms with Crippen molar-refractivity contribution in [2.45, 2.75) is 32.7 Å². The van der Waals surface area contributed by atoms with Crippen molar-refractivity contribution >= 4 is 0 Å². The molecule has 0 saturated heterocycles. The molecule has 0 saturated carbocycles. The number of methoxy groups -OCH3 is 2. The average Bonchev–Trinajstić information content (AvgIpc) is 2.43. The summed E-state index contributed by atoms with van der Waals surface area (Å²) in [6.45, 7) is 6.10. The first-order chi connectivity index (χ1) is 9.22.